The van der Waals surface area contributed by atoms with E-state index < -0.39 is 0 Å². The Balaban J connectivity index is 2.18. The van der Waals surface area contributed by atoms with Crippen molar-refractivity contribution in [1.82, 2.24) is 9.55 Å². The van der Waals surface area contributed by atoms with Gasteiger partial charge in [-0.2, -0.15) is 0 Å². The van der Waals surface area contributed by atoms with Crippen LogP contribution in [0.1, 0.15) is 28.4 Å². The van der Waals surface area contributed by atoms with E-state index in [0.29, 0.717) is 0 Å². The first-order valence-electron chi connectivity index (χ1n) is 5.86. The van der Waals surface area contributed by atoms with Gasteiger partial charge in [-0.05, 0) is 31.4 Å². The Morgan fingerprint density at radius 2 is 2.12 bits per heavy atom. The zero-order chi connectivity index (χ0) is 12.4. The number of hydrogen-bond acceptors (Lipinski definition) is 2. The van der Waals surface area contributed by atoms with E-state index in [2.05, 4.69) is 37.0 Å². The van der Waals surface area contributed by atoms with Gasteiger partial charge < -0.3 is 10.3 Å². The summed E-state index contributed by atoms with van der Waals surface area (Å²) in [5.74, 6) is 0. The molecule has 0 aliphatic heterocycles. The molecule has 2 aromatic rings. The lowest BCUT2D eigenvalue weighted by atomic mass is 9.98. The summed E-state index contributed by atoms with van der Waals surface area (Å²) in [4.78, 5) is 4.30. The molecule has 1 unspecified atom stereocenters. The van der Waals surface area contributed by atoms with Crippen LogP contribution in [0, 0.1) is 13.8 Å². The van der Waals surface area contributed by atoms with Gasteiger partial charge in [0.05, 0.1) is 18.1 Å². The lowest BCUT2D eigenvalue weighted by molar-refractivity contribution is 0.697. The molecule has 90 valence electrons. The minimum Gasteiger partial charge on any atom is -0.340 e. The average Bonchev–Trinajstić information content (AvgIpc) is 2.70. The second-order valence-electron chi connectivity index (χ2n) is 4.70. The van der Waals surface area contributed by atoms with Gasteiger partial charge in [-0.25, -0.2) is 4.98 Å². The Morgan fingerprint density at radius 1 is 1.35 bits per heavy atom. The normalized spacial score (nSPS) is 12.7. The van der Waals surface area contributed by atoms with Crippen molar-refractivity contribution in [3.8, 4) is 0 Å². The van der Waals surface area contributed by atoms with Gasteiger partial charge in [0.15, 0.2) is 0 Å². The first-order valence-corrected chi connectivity index (χ1v) is 5.86. The summed E-state index contributed by atoms with van der Waals surface area (Å²) in [6.45, 7) is 4.23. The Morgan fingerprint density at radius 3 is 2.76 bits per heavy atom. The molecule has 0 bridgehead atoms. The van der Waals surface area contributed by atoms with Gasteiger partial charge in [0.1, 0.15) is 0 Å². The molecule has 0 aliphatic carbocycles. The van der Waals surface area contributed by atoms with E-state index in [4.69, 9.17) is 5.73 Å². The van der Waals surface area contributed by atoms with Crippen LogP contribution >= 0.6 is 0 Å². The van der Waals surface area contributed by atoms with Gasteiger partial charge in [-0.1, -0.05) is 23.8 Å². The second kappa shape index (κ2) is 4.72. The molecule has 3 heteroatoms. The van der Waals surface area contributed by atoms with E-state index in [1.165, 1.54) is 16.7 Å². The van der Waals surface area contributed by atoms with Crippen LogP contribution in [0.4, 0.5) is 0 Å². The van der Waals surface area contributed by atoms with Crippen molar-refractivity contribution in [2.75, 3.05) is 0 Å². The molecule has 1 heterocycles. The SMILES string of the molecule is Cc1ccc(C)c(CC(N)c2cn(C)cn2)c1. The summed E-state index contributed by atoms with van der Waals surface area (Å²) in [6.07, 6.45) is 4.61. The van der Waals surface area contributed by atoms with Crippen molar-refractivity contribution < 1.29 is 0 Å². The maximum Gasteiger partial charge on any atom is 0.0947 e. The lowest BCUT2D eigenvalue weighted by Gasteiger charge is -2.12. The smallest absolute Gasteiger partial charge is 0.0947 e. The molecule has 0 spiro atoms. The summed E-state index contributed by atoms with van der Waals surface area (Å²) < 4.78 is 1.93. The molecule has 0 fully saturated rings. The monoisotopic (exact) mass is 229 g/mol. The van der Waals surface area contributed by atoms with Crippen LogP contribution in [0.2, 0.25) is 0 Å². The molecule has 3 nitrogen and oxygen atoms in total. The highest BCUT2D eigenvalue weighted by atomic mass is 15.0. The maximum atomic E-state index is 6.18. The molecule has 0 radical (unpaired) electrons. The molecule has 1 aromatic carbocycles. The Hall–Kier alpha value is -1.61. The molecule has 17 heavy (non-hydrogen) atoms. The molecule has 1 atom stereocenters. The number of nitrogens with two attached hydrogens (primary N) is 1. The first kappa shape index (κ1) is 11.9. The molecule has 0 amide bonds. The summed E-state index contributed by atoms with van der Waals surface area (Å²) in [6, 6.07) is 6.45. The largest absolute Gasteiger partial charge is 0.340 e. The molecular formula is C14H19N3. The number of nitrogens with zero attached hydrogens (tertiary/aromatic N) is 2. The highest BCUT2D eigenvalue weighted by molar-refractivity contribution is 5.31. The number of rotatable bonds is 3. The molecule has 0 saturated heterocycles. The summed E-state index contributed by atoms with van der Waals surface area (Å²) in [7, 11) is 1.96. The van der Waals surface area contributed by atoms with Crippen LogP contribution in [0.3, 0.4) is 0 Å². The average molecular weight is 229 g/mol. The topological polar surface area (TPSA) is 43.8 Å². The molecule has 1 aromatic heterocycles. The molecule has 2 N–H and O–H groups in total. The van der Waals surface area contributed by atoms with Crippen LogP contribution in [-0.2, 0) is 13.5 Å². The van der Waals surface area contributed by atoms with Crippen LogP contribution in [0.15, 0.2) is 30.7 Å². The van der Waals surface area contributed by atoms with Crippen molar-refractivity contribution in [3.05, 3.63) is 53.1 Å². The van der Waals surface area contributed by atoms with E-state index >= 15 is 0 Å². The van der Waals surface area contributed by atoms with E-state index in [0.717, 1.165) is 12.1 Å². The standard InChI is InChI=1S/C14H19N3/c1-10-4-5-11(2)12(6-10)7-13(15)14-8-17(3)9-16-14/h4-6,8-9,13H,7,15H2,1-3H3. The fourth-order valence-electron chi connectivity index (χ4n) is 1.99. The molecular weight excluding hydrogens is 210 g/mol. The van der Waals surface area contributed by atoms with Crippen molar-refractivity contribution >= 4 is 0 Å². The van der Waals surface area contributed by atoms with Crippen molar-refractivity contribution in [1.29, 1.82) is 0 Å². The van der Waals surface area contributed by atoms with Gasteiger partial charge in [-0.3, -0.25) is 0 Å². The van der Waals surface area contributed by atoms with E-state index in [1.54, 1.807) is 6.33 Å². The maximum absolute atomic E-state index is 6.18. The van der Waals surface area contributed by atoms with Crippen molar-refractivity contribution in [3.63, 3.8) is 0 Å². The number of imidazole rings is 1. The molecule has 0 aliphatic rings. The van der Waals surface area contributed by atoms with Crippen LogP contribution in [0.5, 0.6) is 0 Å². The highest BCUT2D eigenvalue weighted by Crippen LogP contribution is 2.18. The Bertz CT molecular complexity index is 514. The first-order chi connectivity index (χ1) is 8.06. The molecule has 0 saturated carbocycles. The summed E-state index contributed by atoms with van der Waals surface area (Å²) in [5.41, 5.74) is 11.0. The fourth-order valence-corrected chi connectivity index (χ4v) is 1.99. The van der Waals surface area contributed by atoms with Crippen molar-refractivity contribution in [2.24, 2.45) is 12.8 Å². The third kappa shape index (κ3) is 2.74. The summed E-state index contributed by atoms with van der Waals surface area (Å²) in [5, 5.41) is 0. The van der Waals surface area contributed by atoms with E-state index in [1.807, 2.05) is 17.8 Å². The third-order valence-corrected chi connectivity index (χ3v) is 3.05. The van der Waals surface area contributed by atoms with E-state index in [-0.39, 0.29) is 6.04 Å². The zero-order valence-electron chi connectivity index (χ0n) is 10.6. The predicted octanol–water partition coefficient (Wildman–Crippen LogP) is 2.28. The predicted molar refractivity (Wildman–Crippen MR) is 69.8 cm³/mol. The fraction of sp³-hybridized carbons (Fsp3) is 0.357. The van der Waals surface area contributed by atoms with Gasteiger partial charge in [0.25, 0.3) is 0 Å². The Kier molecular flexibility index (Phi) is 3.29. The van der Waals surface area contributed by atoms with Crippen LogP contribution < -0.4 is 5.73 Å². The number of aromatic nitrogens is 2. The third-order valence-electron chi connectivity index (χ3n) is 3.05. The summed E-state index contributed by atoms with van der Waals surface area (Å²) >= 11 is 0. The lowest BCUT2D eigenvalue weighted by Crippen LogP contribution is -2.14. The van der Waals surface area contributed by atoms with Crippen LogP contribution in [-0.4, -0.2) is 9.55 Å². The van der Waals surface area contributed by atoms with Gasteiger partial charge in [0, 0.05) is 13.2 Å². The number of hydrogen-bond donors (Lipinski definition) is 1. The van der Waals surface area contributed by atoms with Crippen LogP contribution in [0.25, 0.3) is 0 Å². The minimum atomic E-state index is -0.0308. The van der Waals surface area contributed by atoms with E-state index in [9.17, 15) is 0 Å². The quantitative estimate of drug-likeness (QED) is 0.877. The van der Waals surface area contributed by atoms with Gasteiger partial charge >= 0.3 is 0 Å². The minimum absolute atomic E-state index is 0.0308. The van der Waals surface area contributed by atoms with Gasteiger partial charge in [-0.15, -0.1) is 0 Å². The Labute approximate surface area is 102 Å². The highest BCUT2D eigenvalue weighted by Gasteiger charge is 2.11. The number of benzene rings is 1. The zero-order valence-corrected chi connectivity index (χ0v) is 10.6. The van der Waals surface area contributed by atoms with Crippen molar-refractivity contribution in [2.45, 2.75) is 26.3 Å². The molecule has 2 rings (SSSR count). The van der Waals surface area contributed by atoms with Gasteiger partial charge in [0.2, 0.25) is 0 Å². The second-order valence-corrected chi connectivity index (χ2v) is 4.70. The number of aryl methyl sites for hydroxylation is 3.